The molecule has 0 spiro atoms. The Hall–Kier alpha value is -1.22. The Morgan fingerprint density at radius 1 is 1.19 bits per heavy atom. The van der Waals surface area contributed by atoms with E-state index in [0.29, 0.717) is 21.7 Å². The lowest BCUT2D eigenvalue weighted by Gasteiger charge is -2.37. The van der Waals surface area contributed by atoms with Crippen LogP contribution in [0.1, 0.15) is 28.7 Å². The van der Waals surface area contributed by atoms with E-state index in [1.54, 1.807) is 13.2 Å². The summed E-state index contributed by atoms with van der Waals surface area (Å²) in [6.07, 6.45) is 1.06. The number of nitrogens with one attached hydrogen (secondary N) is 1. The van der Waals surface area contributed by atoms with Gasteiger partial charge in [0.2, 0.25) is 0 Å². The number of fused-ring (bicyclic) bond motifs is 1. The summed E-state index contributed by atoms with van der Waals surface area (Å²) in [6, 6.07) is 12.4. The van der Waals surface area contributed by atoms with Crippen LogP contribution in [0.4, 0.5) is 0 Å². The van der Waals surface area contributed by atoms with Crippen LogP contribution in [0.5, 0.6) is 5.75 Å². The molecule has 3 rings (SSSR count). The zero-order valence-electron chi connectivity index (χ0n) is 12.0. The van der Waals surface area contributed by atoms with Gasteiger partial charge in [0.1, 0.15) is 5.75 Å². The quantitative estimate of drug-likeness (QED) is 0.888. The van der Waals surface area contributed by atoms with Crippen LogP contribution < -0.4 is 10.1 Å². The highest BCUT2D eigenvalue weighted by molar-refractivity contribution is 6.34. The van der Waals surface area contributed by atoms with Gasteiger partial charge in [-0.2, -0.15) is 0 Å². The third-order valence-corrected chi connectivity index (χ3v) is 4.84. The minimum Gasteiger partial charge on any atom is -0.495 e. The third-order valence-electron chi connectivity index (χ3n) is 4.21. The molecule has 1 aliphatic rings. The number of likely N-dealkylation sites (N-methyl/N-ethyl adjacent to an activating group) is 1. The maximum Gasteiger partial charge on any atom is 0.138 e. The van der Waals surface area contributed by atoms with E-state index in [1.807, 2.05) is 13.1 Å². The summed E-state index contributed by atoms with van der Waals surface area (Å²) >= 11 is 12.7. The molecule has 0 bridgehead atoms. The van der Waals surface area contributed by atoms with Crippen molar-refractivity contribution in [2.75, 3.05) is 14.2 Å². The molecular formula is C17H17Cl2NO. The topological polar surface area (TPSA) is 21.3 Å². The van der Waals surface area contributed by atoms with E-state index < -0.39 is 0 Å². The number of halogens is 2. The molecule has 1 aliphatic carbocycles. The van der Waals surface area contributed by atoms with Crippen LogP contribution in [0.2, 0.25) is 10.0 Å². The number of benzene rings is 2. The van der Waals surface area contributed by atoms with Gasteiger partial charge in [0.15, 0.2) is 0 Å². The highest BCUT2D eigenvalue weighted by Crippen LogP contribution is 2.46. The Morgan fingerprint density at radius 3 is 2.62 bits per heavy atom. The highest BCUT2D eigenvalue weighted by Gasteiger charge is 2.34. The molecule has 110 valence electrons. The van der Waals surface area contributed by atoms with Crippen molar-refractivity contribution in [2.45, 2.75) is 18.4 Å². The molecule has 0 amide bonds. The second kappa shape index (κ2) is 5.88. The molecule has 4 heteroatoms. The number of hydrogen-bond donors (Lipinski definition) is 1. The molecule has 2 aromatic rings. The summed E-state index contributed by atoms with van der Waals surface area (Å²) in [5.41, 5.74) is 3.82. The highest BCUT2D eigenvalue weighted by atomic mass is 35.5. The molecule has 2 aromatic carbocycles. The summed E-state index contributed by atoms with van der Waals surface area (Å²) in [6.45, 7) is 0. The van der Waals surface area contributed by atoms with Gasteiger partial charge in [-0.05, 0) is 36.2 Å². The maximum absolute atomic E-state index is 6.43. The van der Waals surface area contributed by atoms with Crippen LogP contribution in [0.15, 0.2) is 36.4 Å². The van der Waals surface area contributed by atoms with Crippen molar-refractivity contribution in [3.63, 3.8) is 0 Å². The summed E-state index contributed by atoms with van der Waals surface area (Å²) in [4.78, 5) is 0. The van der Waals surface area contributed by atoms with Crippen LogP contribution in [0, 0.1) is 0 Å². The van der Waals surface area contributed by atoms with Gasteiger partial charge >= 0.3 is 0 Å². The van der Waals surface area contributed by atoms with E-state index in [2.05, 4.69) is 29.6 Å². The Labute approximate surface area is 135 Å². The first-order valence-electron chi connectivity index (χ1n) is 6.93. The van der Waals surface area contributed by atoms with Gasteiger partial charge < -0.3 is 10.1 Å². The first-order valence-corrected chi connectivity index (χ1v) is 7.69. The summed E-state index contributed by atoms with van der Waals surface area (Å²) in [7, 11) is 3.55. The molecule has 21 heavy (non-hydrogen) atoms. The summed E-state index contributed by atoms with van der Waals surface area (Å²) in [5, 5.41) is 4.65. The van der Waals surface area contributed by atoms with Gasteiger partial charge in [-0.1, -0.05) is 47.5 Å². The molecule has 0 fully saturated rings. The Morgan fingerprint density at radius 2 is 1.95 bits per heavy atom. The standard InChI is InChI=1S/C17H17Cl2NO/c1-20-17(12-7-10-5-3-4-6-11(10)12)13-8-15(19)16(21-2)9-14(13)18/h3-6,8-9,12,17,20H,7H2,1-2H3. The predicted molar refractivity (Wildman–Crippen MR) is 87.7 cm³/mol. The molecule has 0 saturated carbocycles. The fraction of sp³-hybridized carbons (Fsp3) is 0.294. The van der Waals surface area contributed by atoms with Crippen LogP contribution in [0.25, 0.3) is 0 Å². The molecule has 2 atom stereocenters. The average Bonchev–Trinajstić information content (AvgIpc) is 2.47. The van der Waals surface area contributed by atoms with E-state index in [-0.39, 0.29) is 6.04 Å². The average molecular weight is 322 g/mol. The molecule has 0 radical (unpaired) electrons. The van der Waals surface area contributed by atoms with Gasteiger partial charge in [-0.25, -0.2) is 0 Å². The van der Waals surface area contributed by atoms with E-state index >= 15 is 0 Å². The van der Waals surface area contributed by atoms with Crippen molar-refractivity contribution < 1.29 is 4.74 Å². The second-order valence-electron chi connectivity index (χ2n) is 5.28. The van der Waals surface area contributed by atoms with E-state index in [1.165, 1.54) is 11.1 Å². The van der Waals surface area contributed by atoms with Gasteiger partial charge in [-0.3, -0.25) is 0 Å². The van der Waals surface area contributed by atoms with Crippen molar-refractivity contribution in [1.29, 1.82) is 0 Å². The SMILES string of the molecule is CNC(c1cc(Cl)c(OC)cc1Cl)C1Cc2ccccc21. The van der Waals surface area contributed by atoms with Crippen molar-refractivity contribution >= 4 is 23.2 Å². The number of hydrogen-bond acceptors (Lipinski definition) is 2. The molecule has 0 aliphatic heterocycles. The van der Waals surface area contributed by atoms with E-state index in [9.17, 15) is 0 Å². The molecule has 2 nitrogen and oxygen atoms in total. The molecular weight excluding hydrogens is 305 g/mol. The van der Waals surface area contributed by atoms with Gasteiger partial charge in [0.25, 0.3) is 0 Å². The second-order valence-corrected chi connectivity index (χ2v) is 6.10. The normalized spacial score (nSPS) is 17.8. The minimum absolute atomic E-state index is 0.149. The molecule has 0 saturated heterocycles. The Kier molecular flexibility index (Phi) is 4.12. The molecule has 1 N–H and O–H groups in total. The summed E-state index contributed by atoms with van der Waals surface area (Å²) < 4.78 is 5.21. The Bertz CT molecular complexity index is 672. The maximum atomic E-state index is 6.43. The largest absolute Gasteiger partial charge is 0.495 e. The van der Waals surface area contributed by atoms with Crippen LogP contribution in [-0.4, -0.2) is 14.2 Å². The van der Waals surface area contributed by atoms with Crippen LogP contribution in [0.3, 0.4) is 0 Å². The van der Waals surface area contributed by atoms with Gasteiger partial charge in [-0.15, -0.1) is 0 Å². The zero-order chi connectivity index (χ0) is 15.0. The van der Waals surface area contributed by atoms with Crippen molar-refractivity contribution in [3.8, 4) is 5.75 Å². The van der Waals surface area contributed by atoms with Gasteiger partial charge in [0, 0.05) is 23.0 Å². The lowest BCUT2D eigenvalue weighted by Crippen LogP contribution is -2.31. The smallest absolute Gasteiger partial charge is 0.138 e. The first kappa shape index (κ1) is 14.7. The molecule has 0 heterocycles. The summed E-state index contributed by atoms with van der Waals surface area (Å²) in [5.74, 6) is 1.03. The van der Waals surface area contributed by atoms with E-state index in [0.717, 1.165) is 12.0 Å². The molecule has 2 unspecified atom stereocenters. The fourth-order valence-electron chi connectivity index (χ4n) is 3.11. The lowest BCUT2D eigenvalue weighted by atomic mass is 9.72. The van der Waals surface area contributed by atoms with Crippen molar-refractivity contribution in [2.24, 2.45) is 0 Å². The van der Waals surface area contributed by atoms with Crippen molar-refractivity contribution in [3.05, 3.63) is 63.1 Å². The lowest BCUT2D eigenvalue weighted by molar-refractivity contribution is 0.412. The van der Waals surface area contributed by atoms with Crippen molar-refractivity contribution in [1.82, 2.24) is 5.32 Å². The Balaban J connectivity index is 1.97. The monoisotopic (exact) mass is 321 g/mol. The third kappa shape index (κ3) is 2.52. The van der Waals surface area contributed by atoms with Crippen LogP contribution in [-0.2, 0) is 6.42 Å². The number of methoxy groups -OCH3 is 1. The van der Waals surface area contributed by atoms with Crippen LogP contribution >= 0.6 is 23.2 Å². The number of rotatable bonds is 4. The first-order chi connectivity index (χ1) is 10.2. The van der Waals surface area contributed by atoms with Gasteiger partial charge in [0.05, 0.1) is 12.1 Å². The van der Waals surface area contributed by atoms with E-state index in [4.69, 9.17) is 27.9 Å². The minimum atomic E-state index is 0.149. The zero-order valence-corrected chi connectivity index (χ0v) is 13.5. The predicted octanol–water partition coefficient (Wildman–Crippen LogP) is 4.60. The fourth-order valence-corrected chi connectivity index (χ4v) is 3.63. The number of ether oxygens (including phenoxy) is 1. The molecule has 0 aromatic heterocycles.